The van der Waals surface area contributed by atoms with Crippen LogP contribution < -0.4 is 5.56 Å². The normalized spacial score (nSPS) is 12.5. The molecule has 0 saturated heterocycles. The van der Waals surface area contributed by atoms with E-state index in [2.05, 4.69) is 31.6 Å². The summed E-state index contributed by atoms with van der Waals surface area (Å²) in [6, 6.07) is 11.5. The summed E-state index contributed by atoms with van der Waals surface area (Å²) in [7, 11) is 1.97. The van der Waals surface area contributed by atoms with E-state index >= 15 is 0 Å². The van der Waals surface area contributed by atoms with E-state index in [4.69, 9.17) is 0 Å². The highest BCUT2D eigenvalue weighted by Gasteiger charge is 2.17. The number of thioether (sulfide) groups is 1. The van der Waals surface area contributed by atoms with E-state index in [9.17, 15) is 4.79 Å². The maximum atomic E-state index is 12.3. The standard InChI is InChI=1S/C18H17N5OS2/c1-11(16-19-14-8-4-3-7-13(14)17(24)20-16)26-18-22-21-15(23(18)2)10-12-6-5-9-25-12/h3-9,11H,10H2,1-2H3,(H,19,20,24). The van der Waals surface area contributed by atoms with E-state index in [-0.39, 0.29) is 10.8 Å². The molecule has 3 aromatic heterocycles. The van der Waals surface area contributed by atoms with Gasteiger partial charge in [0.15, 0.2) is 5.16 Å². The number of para-hydroxylation sites is 1. The first-order valence-electron chi connectivity index (χ1n) is 8.18. The van der Waals surface area contributed by atoms with E-state index in [1.54, 1.807) is 17.4 Å². The molecule has 8 heteroatoms. The fourth-order valence-electron chi connectivity index (χ4n) is 2.68. The topological polar surface area (TPSA) is 76.5 Å². The molecule has 6 nitrogen and oxygen atoms in total. The number of hydrogen-bond acceptors (Lipinski definition) is 6. The molecule has 1 N–H and O–H groups in total. The van der Waals surface area contributed by atoms with Gasteiger partial charge in [0.2, 0.25) is 0 Å². The first kappa shape index (κ1) is 17.0. The number of thiophene rings is 1. The average Bonchev–Trinajstić information content (AvgIpc) is 3.27. The fraction of sp³-hybridized carbons (Fsp3) is 0.222. The number of nitrogens with one attached hydrogen (secondary N) is 1. The second-order valence-electron chi connectivity index (χ2n) is 5.94. The maximum Gasteiger partial charge on any atom is 0.258 e. The van der Waals surface area contributed by atoms with Crippen molar-refractivity contribution in [1.29, 1.82) is 0 Å². The Morgan fingerprint density at radius 3 is 2.88 bits per heavy atom. The summed E-state index contributed by atoms with van der Waals surface area (Å²) < 4.78 is 2.00. The van der Waals surface area contributed by atoms with Gasteiger partial charge in [-0.2, -0.15) is 0 Å². The molecular weight excluding hydrogens is 366 g/mol. The number of hydrogen-bond donors (Lipinski definition) is 1. The Hall–Kier alpha value is -2.45. The zero-order valence-corrected chi connectivity index (χ0v) is 16.0. The summed E-state index contributed by atoms with van der Waals surface area (Å²) in [5.74, 6) is 1.56. The Balaban J connectivity index is 1.58. The number of fused-ring (bicyclic) bond motifs is 1. The molecule has 1 unspecified atom stereocenters. The predicted octanol–water partition coefficient (Wildman–Crippen LogP) is 3.56. The number of rotatable bonds is 5. The molecule has 0 radical (unpaired) electrons. The average molecular weight is 384 g/mol. The minimum absolute atomic E-state index is 0.0511. The number of aromatic amines is 1. The quantitative estimate of drug-likeness (QED) is 0.533. The minimum Gasteiger partial charge on any atom is -0.309 e. The van der Waals surface area contributed by atoms with Gasteiger partial charge in [0.05, 0.1) is 16.2 Å². The molecule has 0 fully saturated rings. The van der Waals surface area contributed by atoms with Crippen molar-refractivity contribution < 1.29 is 0 Å². The maximum absolute atomic E-state index is 12.3. The van der Waals surface area contributed by atoms with Gasteiger partial charge in [-0.05, 0) is 30.5 Å². The molecule has 0 amide bonds. The van der Waals surface area contributed by atoms with Crippen LogP contribution in [0.5, 0.6) is 0 Å². The lowest BCUT2D eigenvalue weighted by Crippen LogP contribution is -2.13. The minimum atomic E-state index is -0.116. The highest BCUT2D eigenvalue weighted by Crippen LogP contribution is 2.32. The van der Waals surface area contributed by atoms with E-state index in [0.717, 1.165) is 17.4 Å². The molecule has 4 rings (SSSR count). The smallest absolute Gasteiger partial charge is 0.258 e. The van der Waals surface area contributed by atoms with Crippen LogP contribution in [0.3, 0.4) is 0 Å². The third-order valence-electron chi connectivity index (χ3n) is 4.14. The molecule has 3 heterocycles. The van der Waals surface area contributed by atoms with E-state index in [0.29, 0.717) is 16.7 Å². The van der Waals surface area contributed by atoms with Crippen LogP contribution in [0.4, 0.5) is 0 Å². The number of aromatic nitrogens is 5. The zero-order chi connectivity index (χ0) is 18.1. The van der Waals surface area contributed by atoms with Crippen LogP contribution in [0, 0.1) is 0 Å². The lowest BCUT2D eigenvalue weighted by Gasteiger charge is -2.11. The summed E-state index contributed by atoms with van der Waals surface area (Å²) in [6.45, 7) is 2.01. The van der Waals surface area contributed by atoms with E-state index < -0.39 is 0 Å². The highest BCUT2D eigenvalue weighted by atomic mass is 32.2. The highest BCUT2D eigenvalue weighted by molar-refractivity contribution is 7.99. The van der Waals surface area contributed by atoms with Gasteiger partial charge in [0.25, 0.3) is 5.56 Å². The van der Waals surface area contributed by atoms with Crippen molar-refractivity contribution in [3.63, 3.8) is 0 Å². The third kappa shape index (κ3) is 3.30. The first-order chi connectivity index (χ1) is 12.6. The zero-order valence-electron chi connectivity index (χ0n) is 14.3. The Morgan fingerprint density at radius 2 is 2.08 bits per heavy atom. The molecule has 0 aliphatic rings. The second kappa shape index (κ2) is 7.05. The van der Waals surface area contributed by atoms with Crippen LogP contribution in [0.15, 0.2) is 51.7 Å². The van der Waals surface area contributed by atoms with Crippen molar-refractivity contribution in [3.8, 4) is 0 Å². The van der Waals surface area contributed by atoms with Crippen molar-refractivity contribution >= 4 is 34.0 Å². The van der Waals surface area contributed by atoms with Gasteiger partial charge < -0.3 is 9.55 Å². The van der Waals surface area contributed by atoms with Crippen LogP contribution in [0.1, 0.15) is 28.7 Å². The lowest BCUT2D eigenvalue weighted by molar-refractivity contribution is 0.747. The van der Waals surface area contributed by atoms with Crippen LogP contribution in [-0.4, -0.2) is 24.7 Å². The Bertz CT molecular complexity index is 1100. The number of nitrogens with zero attached hydrogens (tertiary/aromatic N) is 4. The first-order valence-corrected chi connectivity index (χ1v) is 9.94. The van der Waals surface area contributed by atoms with Gasteiger partial charge in [-0.3, -0.25) is 4.79 Å². The van der Waals surface area contributed by atoms with Gasteiger partial charge in [-0.25, -0.2) is 4.98 Å². The lowest BCUT2D eigenvalue weighted by atomic mass is 10.2. The Labute approximate surface area is 158 Å². The van der Waals surface area contributed by atoms with Crippen molar-refractivity contribution in [2.45, 2.75) is 23.8 Å². The molecule has 0 saturated carbocycles. The number of benzene rings is 1. The Kier molecular flexibility index (Phi) is 4.60. The molecule has 0 aliphatic carbocycles. The Morgan fingerprint density at radius 1 is 1.23 bits per heavy atom. The SMILES string of the molecule is CC(Sc1nnc(Cc2cccs2)n1C)c1nc2ccccc2c(=O)[nH]1. The van der Waals surface area contributed by atoms with Crippen molar-refractivity contribution in [2.75, 3.05) is 0 Å². The molecule has 26 heavy (non-hydrogen) atoms. The van der Waals surface area contributed by atoms with Gasteiger partial charge >= 0.3 is 0 Å². The van der Waals surface area contributed by atoms with Crippen molar-refractivity contribution in [3.05, 3.63) is 68.7 Å². The molecule has 4 aromatic rings. The molecule has 132 valence electrons. The largest absolute Gasteiger partial charge is 0.309 e. The third-order valence-corrected chi connectivity index (χ3v) is 6.16. The second-order valence-corrected chi connectivity index (χ2v) is 8.28. The van der Waals surface area contributed by atoms with E-state index in [1.807, 2.05) is 42.8 Å². The molecule has 1 aromatic carbocycles. The summed E-state index contributed by atoms with van der Waals surface area (Å²) >= 11 is 3.25. The van der Waals surface area contributed by atoms with Crippen molar-refractivity contribution in [1.82, 2.24) is 24.7 Å². The summed E-state index contributed by atoms with van der Waals surface area (Å²) in [5, 5.41) is 12.0. The van der Waals surface area contributed by atoms with Crippen LogP contribution in [0.2, 0.25) is 0 Å². The van der Waals surface area contributed by atoms with Gasteiger partial charge in [0.1, 0.15) is 11.6 Å². The molecule has 0 bridgehead atoms. The van der Waals surface area contributed by atoms with E-state index in [1.165, 1.54) is 16.6 Å². The van der Waals surface area contributed by atoms with Gasteiger partial charge in [-0.15, -0.1) is 21.5 Å². The fourth-order valence-corrected chi connectivity index (χ4v) is 4.27. The monoisotopic (exact) mass is 383 g/mol. The van der Waals surface area contributed by atoms with Gasteiger partial charge in [0, 0.05) is 18.3 Å². The molecule has 1 atom stereocenters. The molecule has 0 aliphatic heterocycles. The van der Waals surface area contributed by atoms with Crippen LogP contribution >= 0.6 is 23.1 Å². The molecular formula is C18H17N5OS2. The molecule has 0 spiro atoms. The van der Waals surface area contributed by atoms with Crippen LogP contribution in [-0.2, 0) is 13.5 Å². The van der Waals surface area contributed by atoms with Crippen LogP contribution in [0.25, 0.3) is 10.9 Å². The summed E-state index contributed by atoms with van der Waals surface area (Å²) in [6.07, 6.45) is 0.765. The summed E-state index contributed by atoms with van der Waals surface area (Å²) in [4.78, 5) is 21.0. The van der Waals surface area contributed by atoms with Gasteiger partial charge in [-0.1, -0.05) is 30.0 Å². The summed E-state index contributed by atoms with van der Waals surface area (Å²) in [5.41, 5.74) is 0.587. The number of H-pyrrole nitrogens is 1. The predicted molar refractivity (Wildman–Crippen MR) is 105 cm³/mol. The van der Waals surface area contributed by atoms with Crippen molar-refractivity contribution in [2.24, 2.45) is 7.05 Å².